The number of carbonyl (C=O) groups is 4. The summed E-state index contributed by atoms with van der Waals surface area (Å²) in [5.74, 6) is -1.46. The van der Waals surface area contributed by atoms with Crippen molar-refractivity contribution in [3.8, 4) is 0 Å². The van der Waals surface area contributed by atoms with Crippen LogP contribution in [0, 0.1) is 0 Å². The van der Waals surface area contributed by atoms with E-state index in [0.29, 0.717) is 19.3 Å². The van der Waals surface area contributed by atoms with E-state index in [9.17, 15) is 19.2 Å². The van der Waals surface area contributed by atoms with Crippen LogP contribution in [-0.4, -0.2) is 61.5 Å². The minimum atomic E-state index is -1.09. The third kappa shape index (κ3) is 63.7. The lowest BCUT2D eigenvalue weighted by molar-refractivity contribution is -0.233. The topological polar surface area (TPSA) is 114 Å². The van der Waals surface area contributed by atoms with Gasteiger partial charge in [0, 0.05) is 25.7 Å². The van der Waals surface area contributed by atoms with E-state index < -0.39 is 36.4 Å². The Labute approximate surface area is 591 Å². The maximum absolute atomic E-state index is 13.9. The third-order valence-electron chi connectivity index (χ3n) is 20.7. The maximum Gasteiger partial charge on any atom is 0.306 e. The zero-order valence-electron chi connectivity index (χ0n) is 64.3. The Balaban J connectivity index is 2.85. The van der Waals surface area contributed by atoms with Crippen LogP contribution < -0.4 is 0 Å². The number of rotatable bonds is 77. The van der Waals surface area contributed by atoms with E-state index in [1.54, 1.807) is 0 Å². The second-order valence-corrected chi connectivity index (χ2v) is 30.1. The van der Waals surface area contributed by atoms with Crippen molar-refractivity contribution >= 4 is 23.9 Å². The van der Waals surface area contributed by atoms with Crippen LogP contribution in [0.1, 0.15) is 490 Å². The van der Waals surface area contributed by atoms with Crippen LogP contribution in [0.3, 0.4) is 0 Å². The van der Waals surface area contributed by atoms with E-state index in [1.165, 1.54) is 360 Å². The van der Waals surface area contributed by atoms with Gasteiger partial charge in [0.15, 0.2) is 18.3 Å². The lowest BCUT2D eigenvalue weighted by Gasteiger charge is -2.40. The first-order valence-corrected chi connectivity index (χ1v) is 43.2. The molecule has 0 N–H and O–H groups in total. The summed E-state index contributed by atoms with van der Waals surface area (Å²) in [5.41, 5.74) is 0. The fraction of sp³-hybridized carbons (Fsp3) is 0.953. The van der Waals surface area contributed by atoms with Crippen LogP contribution in [-0.2, 0) is 42.9 Å². The maximum atomic E-state index is 13.9. The van der Waals surface area contributed by atoms with E-state index >= 15 is 0 Å². The van der Waals surface area contributed by atoms with E-state index in [2.05, 4.69) is 27.7 Å². The lowest BCUT2D eigenvalue weighted by atomic mass is 9.99. The number of unbranched alkanes of at least 4 members (excludes halogenated alkanes) is 64. The number of hydrogen-bond acceptors (Lipinski definition) is 9. The lowest BCUT2D eigenvalue weighted by Crippen LogP contribution is -2.59. The van der Waals surface area contributed by atoms with Gasteiger partial charge in [-0.25, -0.2) is 0 Å². The van der Waals surface area contributed by atoms with Gasteiger partial charge in [-0.05, 0) is 25.7 Å². The molecule has 0 radical (unpaired) electrons. The van der Waals surface area contributed by atoms with Crippen molar-refractivity contribution in [3.63, 3.8) is 0 Å². The highest BCUT2D eigenvalue weighted by atomic mass is 16.7. The van der Waals surface area contributed by atoms with Crippen LogP contribution in [0.5, 0.6) is 0 Å². The molecule has 1 fully saturated rings. The summed E-state index contributed by atoms with van der Waals surface area (Å²) < 4.78 is 31.0. The summed E-state index contributed by atoms with van der Waals surface area (Å²) in [6.07, 6.45) is 83.2. The second-order valence-electron chi connectivity index (χ2n) is 30.1. The minimum absolute atomic E-state index is 0.0451. The SMILES string of the molecule is CCCCCCCCCCCCCCCCCCCC(=O)OC[C@H]1OC[C@H](OC(=O)CCCCCCCCCCCCCCCCCCC)[C@@H](OC(=O)CCCCCCCCCCCCCCCCCCC)[C@@H]1OC(=O)CCCCCCCCCCCCCCCCCCC. The third-order valence-corrected chi connectivity index (χ3v) is 20.7. The second kappa shape index (κ2) is 74.5. The van der Waals surface area contributed by atoms with E-state index in [0.717, 1.165) is 64.2 Å². The summed E-state index contributed by atoms with van der Waals surface area (Å²) in [4.78, 5) is 54.8. The summed E-state index contributed by atoms with van der Waals surface area (Å²) in [6.45, 7) is 8.95. The summed E-state index contributed by atoms with van der Waals surface area (Å²) >= 11 is 0. The molecule has 1 heterocycles. The molecule has 0 unspecified atom stereocenters. The molecule has 562 valence electrons. The molecule has 0 bridgehead atoms. The highest BCUT2D eigenvalue weighted by Gasteiger charge is 2.48. The standard InChI is InChI=1S/C86H164O9/c1-5-9-13-17-21-25-29-33-37-41-45-49-53-57-61-65-69-73-81(87)92-77-79-85(94-83(89)75-71-67-63-59-55-51-47-43-39-35-31-27-23-19-15-11-7-3)86(95-84(90)76-72-68-64-60-56-52-48-44-40-36-32-28-24-20-16-12-8-4)80(78-91-79)93-82(88)74-70-66-62-58-54-50-46-42-38-34-30-26-22-18-14-10-6-2/h79-80,85-86H,5-78H2,1-4H3/t79-,80+,85-,86-/m1/s1. The number of hydrogen-bond donors (Lipinski definition) is 0. The average Bonchev–Trinajstić information content (AvgIpc) is 0.875. The molecule has 0 amide bonds. The van der Waals surface area contributed by atoms with Crippen LogP contribution >= 0.6 is 0 Å². The Kier molecular flexibility index (Phi) is 71.3. The van der Waals surface area contributed by atoms with Gasteiger partial charge in [0.1, 0.15) is 12.7 Å². The monoisotopic (exact) mass is 1340 g/mol. The Hall–Kier alpha value is -2.16. The van der Waals surface area contributed by atoms with Crippen LogP contribution in [0.4, 0.5) is 0 Å². The Morgan fingerprint density at radius 1 is 0.232 bits per heavy atom. The molecule has 0 aromatic heterocycles. The van der Waals surface area contributed by atoms with Crippen LogP contribution in [0.15, 0.2) is 0 Å². The van der Waals surface area contributed by atoms with Gasteiger partial charge in [0.25, 0.3) is 0 Å². The quantitative estimate of drug-likeness (QED) is 0.0334. The Morgan fingerprint density at radius 3 is 0.632 bits per heavy atom. The number of ether oxygens (including phenoxy) is 5. The molecule has 95 heavy (non-hydrogen) atoms. The highest BCUT2D eigenvalue weighted by molar-refractivity contribution is 5.72. The minimum Gasteiger partial charge on any atom is -0.463 e. The van der Waals surface area contributed by atoms with E-state index in [4.69, 9.17) is 23.7 Å². The molecule has 0 aromatic carbocycles. The van der Waals surface area contributed by atoms with Gasteiger partial charge in [-0.3, -0.25) is 19.2 Å². The van der Waals surface area contributed by atoms with Gasteiger partial charge < -0.3 is 23.7 Å². The average molecular weight is 1340 g/mol. The van der Waals surface area contributed by atoms with Crippen molar-refractivity contribution in [1.29, 1.82) is 0 Å². The molecule has 0 saturated carbocycles. The van der Waals surface area contributed by atoms with Gasteiger partial charge >= 0.3 is 23.9 Å². The predicted molar refractivity (Wildman–Crippen MR) is 405 cm³/mol. The van der Waals surface area contributed by atoms with Crippen molar-refractivity contribution < 1.29 is 42.9 Å². The molecule has 0 spiro atoms. The van der Waals surface area contributed by atoms with E-state index in [1.807, 2.05) is 0 Å². The zero-order chi connectivity index (χ0) is 68.5. The molecule has 1 aliphatic rings. The van der Waals surface area contributed by atoms with Crippen molar-refractivity contribution in [3.05, 3.63) is 0 Å². The van der Waals surface area contributed by atoms with Gasteiger partial charge in [-0.2, -0.15) is 0 Å². The summed E-state index contributed by atoms with van der Waals surface area (Å²) in [5, 5.41) is 0. The molecular weight excluding hydrogens is 1180 g/mol. The van der Waals surface area contributed by atoms with Crippen molar-refractivity contribution in [2.45, 2.75) is 514 Å². The first-order chi connectivity index (χ1) is 46.9. The predicted octanol–water partition coefficient (Wildman–Crippen LogP) is 27.8. The van der Waals surface area contributed by atoms with Gasteiger partial charge in [0.05, 0.1) is 6.61 Å². The molecule has 9 heteroatoms. The number of esters is 4. The normalized spacial score (nSPS) is 15.6. The Bertz CT molecular complexity index is 1600. The first-order valence-electron chi connectivity index (χ1n) is 43.2. The highest BCUT2D eigenvalue weighted by Crippen LogP contribution is 2.28. The molecular formula is C86H164O9. The fourth-order valence-electron chi connectivity index (χ4n) is 14.2. The van der Waals surface area contributed by atoms with E-state index in [-0.39, 0.29) is 44.4 Å². The van der Waals surface area contributed by atoms with Crippen LogP contribution in [0.2, 0.25) is 0 Å². The summed E-state index contributed by atoms with van der Waals surface area (Å²) in [7, 11) is 0. The summed E-state index contributed by atoms with van der Waals surface area (Å²) in [6, 6.07) is 0. The number of carbonyl (C=O) groups excluding carboxylic acids is 4. The molecule has 9 nitrogen and oxygen atoms in total. The molecule has 0 aromatic rings. The van der Waals surface area contributed by atoms with Crippen LogP contribution in [0.25, 0.3) is 0 Å². The molecule has 1 saturated heterocycles. The largest absolute Gasteiger partial charge is 0.463 e. The fourth-order valence-corrected chi connectivity index (χ4v) is 14.2. The van der Waals surface area contributed by atoms with Crippen molar-refractivity contribution in [2.75, 3.05) is 13.2 Å². The molecule has 1 aliphatic heterocycles. The van der Waals surface area contributed by atoms with Gasteiger partial charge in [0.2, 0.25) is 0 Å². The van der Waals surface area contributed by atoms with Gasteiger partial charge in [-0.15, -0.1) is 0 Å². The van der Waals surface area contributed by atoms with Crippen molar-refractivity contribution in [2.24, 2.45) is 0 Å². The Morgan fingerprint density at radius 2 is 0.411 bits per heavy atom. The van der Waals surface area contributed by atoms with Gasteiger partial charge in [-0.1, -0.05) is 439 Å². The zero-order valence-corrected chi connectivity index (χ0v) is 64.3. The first kappa shape index (κ1) is 90.9. The smallest absolute Gasteiger partial charge is 0.306 e. The molecule has 1 rings (SSSR count). The van der Waals surface area contributed by atoms with Crippen molar-refractivity contribution in [1.82, 2.24) is 0 Å². The molecule has 0 aliphatic carbocycles. The molecule has 4 atom stereocenters.